The summed E-state index contributed by atoms with van der Waals surface area (Å²) in [6.07, 6.45) is 1.62. The molecule has 1 aliphatic rings. The lowest BCUT2D eigenvalue weighted by atomic mass is 10.0. The molecular formula is C12H24N2O. The summed E-state index contributed by atoms with van der Waals surface area (Å²) in [7, 11) is 0. The fourth-order valence-corrected chi connectivity index (χ4v) is 2.08. The Balaban J connectivity index is 2.88. The zero-order chi connectivity index (χ0) is 11.7. The Hall–Kier alpha value is -0.570. The highest BCUT2D eigenvalue weighted by atomic mass is 16.2. The van der Waals surface area contributed by atoms with E-state index in [9.17, 15) is 4.79 Å². The zero-order valence-corrected chi connectivity index (χ0v) is 10.7. The molecule has 1 fully saturated rings. The molecule has 0 bridgehead atoms. The fraction of sp³-hybridized carbons (Fsp3) is 0.917. The van der Waals surface area contributed by atoms with E-state index in [2.05, 4.69) is 39.9 Å². The molecule has 0 saturated carbocycles. The second-order valence-electron chi connectivity index (χ2n) is 5.77. The smallest absolute Gasteiger partial charge is 0.224 e. The second kappa shape index (κ2) is 4.12. The van der Waals surface area contributed by atoms with Gasteiger partial charge >= 0.3 is 0 Å². The number of nitrogens with one attached hydrogen (secondary N) is 1. The Morgan fingerprint density at radius 3 is 2.47 bits per heavy atom. The van der Waals surface area contributed by atoms with E-state index >= 15 is 0 Å². The van der Waals surface area contributed by atoms with Gasteiger partial charge in [-0.15, -0.1) is 0 Å². The van der Waals surface area contributed by atoms with Crippen LogP contribution in [0.1, 0.15) is 47.5 Å². The van der Waals surface area contributed by atoms with Crippen LogP contribution in [0.25, 0.3) is 0 Å². The minimum Gasteiger partial charge on any atom is -0.336 e. The summed E-state index contributed by atoms with van der Waals surface area (Å²) in [6, 6.07) is 0. The molecule has 1 rings (SSSR count). The third kappa shape index (κ3) is 2.94. The van der Waals surface area contributed by atoms with Crippen LogP contribution < -0.4 is 5.32 Å². The van der Waals surface area contributed by atoms with Gasteiger partial charge in [-0.25, -0.2) is 0 Å². The van der Waals surface area contributed by atoms with Gasteiger partial charge < -0.3 is 10.2 Å². The number of rotatable bonds is 2. The summed E-state index contributed by atoms with van der Waals surface area (Å²) in [6.45, 7) is 12.3. The standard InChI is InChI=1S/C12H24N2O/c1-6-7-14-10(15)8-11(2,3)13-9-12(14,4)5/h13H,6-9H2,1-5H3. The summed E-state index contributed by atoms with van der Waals surface area (Å²) in [5.41, 5.74) is -0.141. The van der Waals surface area contributed by atoms with E-state index in [1.54, 1.807) is 0 Å². The van der Waals surface area contributed by atoms with Crippen LogP contribution in [0.3, 0.4) is 0 Å². The molecule has 1 saturated heterocycles. The Bertz CT molecular complexity index is 246. The van der Waals surface area contributed by atoms with Crippen LogP contribution in [0.4, 0.5) is 0 Å². The first kappa shape index (κ1) is 12.5. The molecule has 15 heavy (non-hydrogen) atoms. The number of carbonyl (C=O) groups is 1. The minimum absolute atomic E-state index is 0.0686. The van der Waals surface area contributed by atoms with Gasteiger partial charge in [-0.05, 0) is 34.1 Å². The summed E-state index contributed by atoms with van der Waals surface area (Å²) in [5, 5.41) is 3.47. The second-order valence-corrected chi connectivity index (χ2v) is 5.77. The molecule has 0 aromatic carbocycles. The molecule has 1 N–H and O–H groups in total. The maximum Gasteiger partial charge on any atom is 0.224 e. The van der Waals surface area contributed by atoms with Crippen LogP contribution in [0.5, 0.6) is 0 Å². The normalized spacial score (nSPS) is 25.1. The lowest BCUT2D eigenvalue weighted by molar-refractivity contribution is -0.135. The third-order valence-corrected chi connectivity index (χ3v) is 3.07. The summed E-state index contributed by atoms with van der Waals surface area (Å²) < 4.78 is 0. The Kier molecular flexibility index (Phi) is 3.44. The lowest BCUT2D eigenvalue weighted by Gasteiger charge is -2.36. The topological polar surface area (TPSA) is 32.3 Å². The van der Waals surface area contributed by atoms with Crippen molar-refractivity contribution < 1.29 is 4.79 Å². The Morgan fingerprint density at radius 1 is 1.33 bits per heavy atom. The average molecular weight is 212 g/mol. The largest absolute Gasteiger partial charge is 0.336 e. The van der Waals surface area contributed by atoms with E-state index in [0.29, 0.717) is 6.42 Å². The maximum absolute atomic E-state index is 12.1. The lowest BCUT2D eigenvalue weighted by Crippen LogP contribution is -2.51. The predicted molar refractivity (Wildman–Crippen MR) is 62.8 cm³/mol. The summed E-state index contributed by atoms with van der Waals surface area (Å²) in [4.78, 5) is 14.1. The molecule has 1 aliphatic heterocycles. The SMILES string of the molecule is CCCN1C(=O)CC(C)(C)NCC1(C)C. The molecule has 0 spiro atoms. The molecule has 0 aliphatic carbocycles. The molecule has 3 heteroatoms. The van der Waals surface area contributed by atoms with Gasteiger partial charge in [-0.1, -0.05) is 6.92 Å². The molecule has 0 atom stereocenters. The first-order valence-corrected chi connectivity index (χ1v) is 5.84. The zero-order valence-electron chi connectivity index (χ0n) is 10.7. The highest BCUT2D eigenvalue weighted by Gasteiger charge is 2.37. The van der Waals surface area contributed by atoms with Crippen molar-refractivity contribution >= 4 is 5.91 Å². The molecule has 0 radical (unpaired) electrons. The number of hydrogen-bond donors (Lipinski definition) is 1. The quantitative estimate of drug-likeness (QED) is 0.756. The maximum atomic E-state index is 12.1. The molecule has 0 aromatic rings. The minimum atomic E-state index is -0.0726. The molecule has 1 amide bonds. The van der Waals surface area contributed by atoms with Crippen molar-refractivity contribution in [3.8, 4) is 0 Å². The van der Waals surface area contributed by atoms with Crippen LogP contribution in [-0.4, -0.2) is 35.0 Å². The van der Waals surface area contributed by atoms with Gasteiger partial charge in [0, 0.05) is 30.6 Å². The molecule has 3 nitrogen and oxygen atoms in total. The number of amides is 1. The van der Waals surface area contributed by atoms with E-state index < -0.39 is 0 Å². The van der Waals surface area contributed by atoms with Crippen molar-refractivity contribution in [2.75, 3.05) is 13.1 Å². The van der Waals surface area contributed by atoms with Crippen LogP contribution >= 0.6 is 0 Å². The summed E-state index contributed by atoms with van der Waals surface area (Å²) >= 11 is 0. The van der Waals surface area contributed by atoms with Crippen molar-refractivity contribution in [1.29, 1.82) is 0 Å². The van der Waals surface area contributed by atoms with Crippen LogP contribution in [0.2, 0.25) is 0 Å². The Labute approximate surface area is 93.2 Å². The number of hydrogen-bond acceptors (Lipinski definition) is 2. The molecule has 1 heterocycles. The highest BCUT2D eigenvalue weighted by molar-refractivity contribution is 5.78. The highest BCUT2D eigenvalue weighted by Crippen LogP contribution is 2.23. The van der Waals surface area contributed by atoms with E-state index in [1.165, 1.54) is 0 Å². The number of nitrogens with zero attached hydrogens (tertiary/aromatic N) is 1. The predicted octanol–water partition coefficient (Wildman–Crippen LogP) is 1.78. The van der Waals surface area contributed by atoms with Crippen molar-refractivity contribution in [1.82, 2.24) is 10.2 Å². The van der Waals surface area contributed by atoms with Gasteiger partial charge in [0.2, 0.25) is 5.91 Å². The number of carbonyl (C=O) groups excluding carboxylic acids is 1. The van der Waals surface area contributed by atoms with Crippen LogP contribution in [0.15, 0.2) is 0 Å². The first-order chi connectivity index (χ1) is 6.78. The monoisotopic (exact) mass is 212 g/mol. The third-order valence-electron chi connectivity index (χ3n) is 3.07. The van der Waals surface area contributed by atoms with Gasteiger partial charge in [0.1, 0.15) is 0 Å². The molecule has 0 unspecified atom stereocenters. The fourth-order valence-electron chi connectivity index (χ4n) is 2.08. The van der Waals surface area contributed by atoms with E-state index in [4.69, 9.17) is 0 Å². The Morgan fingerprint density at radius 2 is 1.93 bits per heavy atom. The van der Waals surface area contributed by atoms with Crippen LogP contribution in [-0.2, 0) is 4.79 Å². The van der Waals surface area contributed by atoms with Gasteiger partial charge in [-0.2, -0.15) is 0 Å². The molecular weight excluding hydrogens is 188 g/mol. The molecule has 88 valence electrons. The van der Waals surface area contributed by atoms with E-state index in [-0.39, 0.29) is 17.0 Å². The van der Waals surface area contributed by atoms with Crippen molar-refractivity contribution in [2.45, 2.75) is 58.5 Å². The van der Waals surface area contributed by atoms with E-state index in [0.717, 1.165) is 19.5 Å². The van der Waals surface area contributed by atoms with Crippen molar-refractivity contribution in [3.05, 3.63) is 0 Å². The van der Waals surface area contributed by atoms with Crippen LogP contribution in [0, 0.1) is 0 Å². The van der Waals surface area contributed by atoms with Crippen molar-refractivity contribution in [2.24, 2.45) is 0 Å². The molecule has 0 aromatic heterocycles. The van der Waals surface area contributed by atoms with Crippen molar-refractivity contribution in [3.63, 3.8) is 0 Å². The van der Waals surface area contributed by atoms with Gasteiger partial charge in [0.25, 0.3) is 0 Å². The first-order valence-electron chi connectivity index (χ1n) is 5.84. The van der Waals surface area contributed by atoms with Gasteiger partial charge in [0.05, 0.1) is 0 Å². The van der Waals surface area contributed by atoms with Gasteiger partial charge in [0.15, 0.2) is 0 Å². The average Bonchev–Trinajstić information content (AvgIpc) is 2.16. The van der Waals surface area contributed by atoms with E-state index in [1.807, 2.05) is 4.90 Å². The summed E-state index contributed by atoms with van der Waals surface area (Å²) in [5.74, 6) is 0.275. The van der Waals surface area contributed by atoms with Gasteiger partial charge in [-0.3, -0.25) is 4.79 Å².